The lowest BCUT2D eigenvalue weighted by Crippen LogP contribution is -2.48. The van der Waals surface area contributed by atoms with Gasteiger partial charge in [0.25, 0.3) is 0 Å². The monoisotopic (exact) mass is 429 g/mol. The molecule has 4 rings (SSSR count). The number of carbonyl (C=O) groups is 1. The standard InChI is InChI=1S/C22H27N3O4S/c1-15(2)21-19-14-18(8-9-20(19)23-22(21)26)30(27,28)25-12-10-24(11-13-25)16-4-6-17(29-3)7-5-16/h4-9,14-15,21H,10-13H2,1-3H3,(H,23,26)/t21-/m0/s1. The van der Waals surface area contributed by atoms with Crippen molar-refractivity contribution < 1.29 is 17.9 Å². The molecule has 30 heavy (non-hydrogen) atoms. The number of piperazine rings is 1. The van der Waals surface area contributed by atoms with Crippen molar-refractivity contribution in [2.45, 2.75) is 24.7 Å². The van der Waals surface area contributed by atoms with Gasteiger partial charge in [-0.25, -0.2) is 8.42 Å². The van der Waals surface area contributed by atoms with Crippen molar-refractivity contribution in [2.75, 3.05) is 43.5 Å². The van der Waals surface area contributed by atoms with Crippen LogP contribution < -0.4 is 15.0 Å². The first kappa shape index (κ1) is 20.7. The van der Waals surface area contributed by atoms with Gasteiger partial charge in [0.1, 0.15) is 5.75 Å². The van der Waals surface area contributed by atoms with Gasteiger partial charge in [0.2, 0.25) is 15.9 Å². The van der Waals surface area contributed by atoms with Gasteiger partial charge < -0.3 is 15.0 Å². The van der Waals surface area contributed by atoms with Crippen LogP contribution in [0.15, 0.2) is 47.4 Å². The van der Waals surface area contributed by atoms with E-state index in [1.165, 1.54) is 4.31 Å². The highest BCUT2D eigenvalue weighted by molar-refractivity contribution is 7.89. The van der Waals surface area contributed by atoms with Crippen LogP contribution >= 0.6 is 0 Å². The summed E-state index contributed by atoms with van der Waals surface area (Å²) in [5.74, 6) is 0.506. The van der Waals surface area contributed by atoms with Crippen molar-refractivity contribution in [3.05, 3.63) is 48.0 Å². The number of carbonyl (C=O) groups excluding carboxylic acids is 1. The number of rotatable bonds is 5. The molecule has 2 aromatic carbocycles. The van der Waals surface area contributed by atoms with Gasteiger partial charge in [-0.2, -0.15) is 4.31 Å². The van der Waals surface area contributed by atoms with Crippen LogP contribution in [0.25, 0.3) is 0 Å². The number of hydrogen-bond donors (Lipinski definition) is 1. The number of nitrogens with one attached hydrogen (secondary N) is 1. The van der Waals surface area contributed by atoms with E-state index in [1.54, 1.807) is 25.3 Å². The number of ether oxygens (including phenoxy) is 1. The highest BCUT2D eigenvalue weighted by Crippen LogP contribution is 2.39. The Labute approximate surface area is 177 Å². The molecule has 0 spiro atoms. The fourth-order valence-electron chi connectivity index (χ4n) is 4.21. The molecule has 1 saturated heterocycles. The molecule has 2 aromatic rings. The summed E-state index contributed by atoms with van der Waals surface area (Å²) in [4.78, 5) is 14.7. The van der Waals surface area contributed by atoms with Crippen LogP contribution in [0.3, 0.4) is 0 Å². The van der Waals surface area contributed by atoms with Gasteiger partial charge in [0.15, 0.2) is 0 Å². The Bertz CT molecular complexity index is 1040. The first-order valence-electron chi connectivity index (χ1n) is 10.1. The number of nitrogens with zero attached hydrogens (tertiary/aromatic N) is 2. The second kappa shape index (κ2) is 7.92. The second-order valence-electron chi connectivity index (χ2n) is 8.05. The highest BCUT2D eigenvalue weighted by atomic mass is 32.2. The Morgan fingerprint density at radius 2 is 1.70 bits per heavy atom. The zero-order valence-electron chi connectivity index (χ0n) is 17.5. The maximum atomic E-state index is 13.3. The summed E-state index contributed by atoms with van der Waals surface area (Å²) in [5.41, 5.74) is 2.53. The van der Waals surface area contributed by atoms with Gasteiger partial charge in [-0.05, 0) is 53.9 Å². The maximum absolute atomic E-state index is 13.3. The van der Waals surface area contributed by atoms with Crippen molar-refractivity contribution >= 4 is 27.3 Å². The predicted octanol–water partition coefficient (Wildman–Crippen LogP) is 2.90. The Morgan fingerprint density at radius 1 is 1.03 bits per heavy atom. The van der Waals surface area contributed by atoms with Gasteiger partial charge in [0.05, 0.1) is 17.9 Å². The van der Waals surface area contributed by atoms with Crippen LogP contribution in [-0.2, 0) is 14.8 Å². The molecule has 2 aliphatic rings. The normalized spacial score (nSPS) is 19.7. The molecule has 0 unspecified atom stereocenters. The molecule has 2 aliphatic heterocycles. The van der Waals surface area contributed by atoms with Crippen LogP contribution in [-0.4, -0.2) is 51.9 Å². The number of fused-ring (bicyclic) bond motifs is 1. The van der Waals surface area contributed by atoms with E-state index in [2.05, 4.69) is 10.2 Å². The third-order valence-corrected chi connectivity index (χ3v) is 7.77. The largest absolute Gasteiger partial charge is 0.497 e. The summed E-state index contributed by atoms with van der Waals surface area (Å²) < 4.78 is 33.2. The molecule has 1 N–H and O–H groups in total. The zero-order chi connectivity index (χ0) is 21.5. The average molecular weight is 430 g/mol. The number of anilines is 2. The Hall–Kier alpha value is -2.58. The lowest BCUT2D eigenvalue weighted by atomic mass is 9.90. The highest BCUT2D eigenvalue weighted by Gasteiger charge is 2.35. The van der Waals surface area contributed by atoms with E-state index in [0.717, 1.165) is 17.0 Å². The lowest BCUT2D eigenvalue weighted by Gasteiger charge is -2.35. The molecule has 0 aliphatic carbocycles. The SMILES string of the molecule is COc1ccc(N2CCN(S(=O)(=O)c3ccc4c(c3)[C@H](C(C)C)C(=O)N4)CC2)cc1. The van der Waals surface area contributed by atoms with Crippen LogP contribution in [0.1, 0.15) is 25.3 Å². The Kier molecular flexibility index (Phi) is 5.46. The number of amides is 1. The molecular formula is C22H27N3O4S. The Balaban J connectivity index is 1.51. The predicted molar refractivity (Wildman–Crippen MR) is 117 cm³/mol. The van der Waals surface area contributed by atoms with E-state index in [0.29, 0.717) is 31.9 Å². The van der Waals surface area contributed by atoms with Crippen molar-refractivity contribution in [2.24, 2.45) is 5.92 Å². The fourth-order valence-corrected chi connectivity index (χ4v) is 5.67. The first-order valence-corrected chi connectivity index (χ1v) is 11.6. The van der Waals surface area contributed by atoms with Gasteiger partial charge in [-0.3, -0.25) is 4.79 Å². The van der Waals surface area contributed by atoms with Gasteiger partial charge in [-0.15, -0.1) is 0 Å². The smallest absolute Gasteiger partial charge is 0.243 e. The third-order valence-electron chi connectivity index (χ3n) is 5.88. The molecule has 1 fully saturated rings. The number of methoxy groups -OCH3 is 1. The number of hydrogen-bond acceptors (Lipinski definition) is 5. The molecule has 0 radical (unpaired) electrons. The van der Waals surface area contributed by atoms with Crippen LogP contribution in [0.4, 0.5) is 11.4 Å². The summed E-state index contributed by atoms with van der Waals surface area (Å²) >= 11 is 0. The summed E-state index contributed by atoms with van der Waals surface area (Å²) in [5, 5.41) is 2.86. The van der Waals surface area contributed by atoms with Crippen molar-refractivity contribution in [3.63, 3.8) is 0 Å². The minimum atomic E-state index is -3.62. The van der Waals surface area contributed by atoms with E-state index in [-0.39, 0.29) is 22.6 Å². The summed E-state index contributed by atoms with van der Waals surface area (Å²) in [6, 6.07) is 12.7. The molecule has 7 nitrogen and oxygen atoms in total. The quantitative estimate of drug-likeness (QED) is 0.791. The first-order chi connectivity index (χ1) is 14.3. The van der Waals surface area contributed by atoms with Crippen molar-refractivity contribution in [1.82, 2.24) is 4.31 Å². The van der Waals surface area contributed by atoms with E-state index in [4.69, 9.17) is 4.74 Å². The molecule has 0 saturated carbocycles. The molecule has 0 aromatic heterocycles. The average Bonchev–Trinajstić information content (AvgIpc) is 3.09. The van der Waals surface area contributed by atoms with Crippen LogP contribution in [0.5, 0.6) is 5.75 Å². The lowest BCUT2D eigenvalue weighted by molar-refractivity contribution is -0.117. The van der Waals surface area contributed by atoms with E-state index >= 15 is 0 Å². The molecule has 1 atom stereocenters. The summed E-state index contributed by atoms with van der Waals surface area (Å²) in [6.45, 7) is 6.00. The van der Waals surface area contributed by atoms with E-state index in [9.17, 15) is 13.2 Å². The van der Waals surface area contributed by atoms with Gasteiger partial charge >= 0.3 is 0 Å². The summed E-state index contributed by atoms with van der Waals surface area (Å²) in [6.07, 6.45) is 0. The molecule has 160 valence electrons. The minimum Gasteiger partial charge on any atom is -0.497 e. The third kappa shape index (κ3) is 3.65. The number of benzene rings is 2. The van der Waals surface area contributed by atoms with Gasteiger partial charge in [-0.1, -0.05) is 13.8 Å². The molecule has 8 heteroatoms. The second-order valence-corrected chi connectivity index (χ2v) is 9.99. The molecular weight excluding hydrogens is 402 g/mol. The molecule has 1 amide bonds. The maximum Gasteiger partial charge on any atom is 0.243 e. The molecule has 2 heterocycles. The van der Waals surface area contributed by atoms with Gasteiger partial charge in [0, 0.05) is 37.6 Å². The minimum absolute atomic E-state index is 0.0670. The van der Waals surface area contributed by atoms with Crippen LogP contribution in [0, 0.1) is 5.92 Å². The van der Waals surface area contributed by atoms with Crippen LogP contribution in [0.2, 0.25) is 0 Å². The van der Waals surface area contributed by atoms with Crippen molar-refractivity contribution in [3.8, 4) is 5.75 Å². The topological polar surface area (TPSA) is 79.0 Å². The zero-order valence-corrected chi connectivity index (χ0v) is 18.3. The molecule has 0 bridgehead atoms. The van der Waals surface area contributed by atoms with E-state index in [1.807, 2.05) is 38.1 Å². The Morgan fingerprint density at radius 3 is 2.30 bits per heavy atom. The number of sulfonamides is 1. The van der Waals surface area contributed by atoms with E-state index < -0.39 is 10.0 Å². The van der Waals surface area contributed by atoms with Crippen molar-refractivity contribution in [1.29, 1.82) is 0 Å². The summed E-state index contributed by atoms with van der Waals surface area (Å²) in [7, 11) is -1.99. The fraction of sp³-hybridized carbons (Fsp3) is 0.409.